The Morgan fingerprint density at radius 1 is 1.57 bits per heavy atom. The van der Waals surface area contributed by atoms with E-state index in [4.69, 9.17) is 16.4 Å². The Hall–Kier alpha value is -2.01. The van der Waals surface area contributed by atoms with Gasteiger partial charge in [-0.1, -0.05) is 6.07 Å². The zero-order valence-corrected chi connectivity index (χ0v) is 10.9. The van der Waals surface area contributed by atoms with Gasteiger partial charge in [-0.2, -0.15) is 0 Å². The molecule has 21 heavy (non-hydrogen) atoms. The monoisotopic (exact) mass is 299 g/mol. The van der Waals surface area contributed by atoms with Gasteiger partial charge in [-0.3, -0.25) is 0 Å². The van der Waals surface area contributed by atoms with Gasteiger partial charge in [0.1, 0.15) is 6.56 Å². The van der Waals surface area contributed by atoms with Crippen molar-refractivity contribution in [3.8, 4) is 0 Å². The van der Waals surface area contributed by atoms with Crippen LogP contribution in [0.5, 0.6) is 0 Å². The van der Waals surface area contributed by atoms with Gasteiger partial charge in [0.2, 0.25) is 0 Å². The first kappa shape index (κ1) is 5.65. The minimum atomic E-state index is -3.10. The van der Waals surface area contributed by atoms with Gasteiger partial charge in [0.25, 0.3) is 0 Å². The molecule has 1 aliphatic heterocycles. The Kier molecular flexibility index (Phi) is 1.55. The maximum Gasteiger partial charge on any atom is 0.407 e. The lowest BCUT2D eigenvalue weighted by molar-refractivity contribution is 0.177. The summed E-state index contributed by atoms with van der Waals surface area (Å²) in [4.78, 5) is 14.4. The first-order valence-electron chi connectivity index (χ1n) is 12.2. The molecule has 2 heterocycles. The van der Waals surface area contributed by atoms with Gasteiger partial charge in [-0.15, -0.1) is 0 Å². The summed E-state index contributed by atoms with van der Waals surface area (Å²) in [6, 6.07) is 2.29. The van der Waals surface area contributed by atoms with E-state index in [1.165, 1.54) is 24.4 Å². The van der Waals surface area contributed by atoms with E-state index in [0.29, 0.717) is 5.52 Å². The van der Waals surface area contributed by atoms with Gasteiger partial charge >= 0.3 is 6.09 Å². The molecule has 2 aromatic rings. The minimum Gasteiger partial charge on any atom is -0.447 e. The number of likely N-dealkylation sites (N-methyl/N-ethyl adjacent to an activating group) is 1. The first-order chi connectivity index (χ1) is 14.8. The number of carbonyl (C=O) groups is 1. The van der Waals surface area contributed by atoms with Crippen molar-refractivity contribution in [1.29, 1.82) is 0 Å². The summed E-state index contributed by atoms with van der Waals surface area (Å²) < 4.78 is 98.6. The number of hydrogen-bond donors (Lipinski definition) is 2. The Labute approximate surface area is 141 Å². The van der Waals surface area contributed by atoms with Crippen LogP contribution in [0.3, 0.4) is 0 Å². The SMILES string of the molecule is [2H]C([2H])(CN(C([2H])([2H])[2H])C([2H])([2H])[2H])c1c[nH]c2ccc(C([2H])([2H])[C@@H]3NC(=O)OC3([2H])[2H])cc12. The highest BCUT2D eigenvalue weighted by Gasteiger charge is 2.22. The number of fused-ring (bicyclic) bond motifs is 1. The van der Waals surface area contributed by atoms with E-state index in [1.54, 1.807) is 0 Å². The van der Waals surface area contributed by atoms with Crippen LogP contribution in [0.15, 0.2) is 24.4 Å². The quantitative estimate of drug-likeness (QED) is 0.887. The van der Waals surface area contributed by atoms with Crippen molar-refractivity contribution in [2.24, 2.45) is 0 Å². The Morgan fingerprint density at radius 3 is 3.24 bits per heavy atom. The summed E-state index contributed by atoms with van der Waals surface area (Å²) in [6.45, 7) is -9.84. The second-order valence-electron chi connectivity index (χ2n) is 4.45. The molecule has 1 aliphatic rings. The molecule has 5 nitrogen and oxygen atoms in total. The largest absolute Gasteiger partial charge is 0.447 e. The van der Waals surface area contributed by atoms with Crippen molar-refractivity contribution in [3.05, 3.63) is 35.5 Å². The number of H-pyrrole nitrogens is 1. The van der Waals surface area contributed by atoms with Crippen LogP contribution in [0.1, 0.15) is 27.6 Å². The van der Waals surface area contributed by atoms with Gasteiger partial charge in [0.15, 0.2) is 0 Å². The van der Waals surface area contributed by atoms with Crippen LogP contribution >= 0.6 is 0 Å². The van der Waals surface area contributed by atoms with E-state index in [2.05, 4.69) is 15.0 Å². The van der Waals surface area contributed by atoms with Crippen LogP contribution in [0.25, 0.3) is 10.9 Å². The zero-order valence-electron chi connectivity index (χ0n) is 22.9. The highest BCUT2D eigenvalue weighted by atomic mass is 16.6. The predicted molar refractivity (Wildman–Crippen MR) is 82.5 cm³/mol. The van der Waals surface area contributed by atoms with Crippen molar-refractivity contribution in [2.75, 3.05) is 27.1 Å². The van der Waals surface area contributed by atoms with Gasteiger partial charge in [0.05, 0.1) is 8.78 Å². The number of nitrogens with zero attached hydrogens (tertiary/aromatic N) is 1. The minimum absolute atomic E-state index is 0.0991. The number of rotatable bonds is 5. The topological polar surface area (TPSA) is 57.4 Å². The third-order valence-electron chi connectivity index (χ3n) is 2.95. The number of benzene rings is 1. The summed E-state index contributed by atoms with van der Waals surface area (Å²) in [5.74, 6) is 0. The van der Waals surface area contributed by atoms with Crippen molar-refractivity contribution in [2.45, 2.75) is 18.8 Å². The van der Waals surface area contributed by atoms with Crippen LogP contribution in [-0.4, -0.2) is 49.1 Å². The zero-order chi connectivity index (χ0) is 25.2. The number of hydrogen-bond acceptors (Lipinski definition) is 3. The van der Waals surface area contributed by atoms with Gasteiger partial charge < -0.3 is 19.9 Å². The molecule has 0 radical (unpaired) electrons. The number of aromatic amines is 1. The summed E-state index contributed by atoms with van der Waals surface area (Å²) in [6.07, 6.45) is -4.84. The molecule has 3 rings (SSSR count). The van der Waals surface area contributed by atoms with Crippen molar-refractivity contribution in [3.63, 3.8) is 0 Å². The molecular weight excluding hydrogens is 266 g/mol. The standard InChI is InChI=1S/C16H21N3O2/c1-19(2)6-5-12-9-17-15-4-3-11(8-14(12)15)7-13-10-21-16(20)18-13/h3-4,8-9,13,17H,5-7,10H2,1-2H3,(H,18,20)/t13-/m0/s1/i1D3,2D3,5D2,7D2,10D2. The lowest BCUT2D eigenvalue weighted by atomic mass is 10.0. The van der Waals surface area contributed by atoms with Crippen LogP contribution in [0, 0.1) is 0 Å². The van der Waals surface area contributed by atoms with Crippen molar-refractivity contribution < 1.29 is 26.0 Å². The van der Waals surface area contributed by atoms with Gasteiger partial charge in [-0.25, -0.2) is 4.79 Å². The molecule has 0 unspecified atom stereocenters. The van der Waals surface area contributed by atoms with E-state index in [-0.39, 0.29) is 21.4 Å². The van der Waals surface area contributed by atoms with E-state index in [9.17, 15) is 4.79 Å². The van der Waals surface area contributed by atoms with Crippen molar-refractivity contribution in [1.82, 2.24) is 15.2 Å². The summed E-state index contributed by atoms with van der Waals surface area (Å²) in [5, 5.41) is 2.25. The molecule has 1 aromatic carbocycles. The maximum absolute atomic E-state index is 11.5. The molecule has 0 spiro atoms. The Morgan fingerprint density at radius 2 is 2.48 bits per heavy atom. The number of carbonyl (C=O) groups excluding carboxylic acids is 1. The van der Waals surface area contributed by atoms with E-state index < -0.39 is 51.9 Å². The molecular formula is C16H21N3O2. The number of alkyl carbamates (subject to hydrolysis) is 1. The molecule has 1 amide bonds. The molecule has 0 aliphatic carbocycles. The lowest BCUT2D eigenvalue weighted by Gasteiger charge is -2.09. The summed E-state index contributed by atoms with van der Waals surface area (Å²) >= 11 is 0. The highest BCUT2D eigenvalue weighted by molar-refractivity contribution is 5.84. The molecule has 1 saturated heterocycles. The average Bonchev–Trinajstić information content (AvgIpc) is 3.17. The normalized spacial score (nSPS) is 31.7. The fourth-order valence-electron chi connectivity index (χ4n) is 2.04. The highest BCUT2D eigenvalue weighted by Crippen LogP contribution is 2.21. The number of ether oxygens (including phenoxy) is 1. The predicted octanol–water partition coefficient (Wildman–Crippen LogP) is 1.92. The number of cyclic esters (lactones) is 1. The maximum atomic E-state index is 11.5. The smallest absolute Gasteiger partial charge is 0.407 e. The van der Waals surface area contributed by atoms with Crippen LogP contribution in [0.4, 0.5) is 4.79 Å². The third kappa shape index (κ3) is 3.19. The molecule has 5 heteroatoms. The number of amides is 1. The molecule has 0 bridgehead atoms. The number of aromatic nitrogens is 1. The summed E-state index contributed by atoms with van der Waals surface area (Å²) in [5.41, 5.74) is 0.149. The van der Waals surface area contributed by atoms with Crippen molar-refractivity contribution >= 4 is 17.0 Å². The molecule has 1 aromatic heterocycles. The molecule has 112 valence electrons. The fourth-order valence-corrected chi connectivity index (χ4v) is 2.04. The van der Waals surface area contributed by atoms with Crippen LogP contribution in [-0.2, 0) is 17.5 Å². The van der Waals surface area contributed by atoms with Crippen LogP contribution < -0.4 is 5.32 Å². The molecule has 1 atom stereocenters. The lowest BCUT2D eigenvalue weighted by Crippen LogP contribution is -2.28. The third-order valence-corrected chi connectivity index (χ3v) is 2.95. The Bertz CT molecular complexity index is 1050. The number of nitrogens with one attached hydrogen (secondary N) is 2. The average molecular weight is 299 g/mol. The second-order valence-corrected chi connectivity index (χ2v) is 4.45. The second kappa shape index (κ2) is 5.77. The first-order valence-corrected chi connectivity index (χ1v) is 6.16. The van der Waals surface area contributed by atoms with E-state index in [1.807, 2.05) is 0 Å². The molecule has 1 fully saturated rings. The van der Waals surface area contributed by atoms with E-state index in [0.717, 1.165) is 0 Å². The molecule has 2 N–H and O–H groups in total. The molecule has 0 saturated carbocycles. The van der Waals surface area contributed by atoms with Gasteiger partial charge in [-0.05, 0) is 50.0 Å². The summed E-state index contributed by atoms with van der Waals surface area (Å²) in [7, 11) is 0. The Balaban J connectivity index is 2.04. The fraction of sp³-hybridized carbons (Fsp3) is 0.438. The van der Waals surface area contributed by atoms with Gasteiger partial charge in [0, 0.05) is 37.4 Å². The van der Waals surface area contributed by atoms with E-state index >= 15 is 0 Å². The van der Waals surface area contributed by atoms with Crippen LogP contribution in [0.2, 0.25) is 0 Å².